The molecule has 84 valence electrons. The summed E-state index contributed by atoms with van der Waals surface area (Å²) in [5.41, 5.74) is 0. The number of esters is 1. The summed E-state index contributed by atoms with van der Waals surface area (Å²) in [5.74, 6) is -0.156. The van der Waals surface area contributed by atoms with Crippen LogP contribution in [0.2, 0.25) is 0 Å². The number of thiophene rings is 1. The van der Waals surface area contributed by atoms with Crippen molar-refractivity contribution in [3.05, 3.63) is 22.4 Å². The molecule has 0 radical (unpaired) electrons. The molecule has 0 bridgehead atoms. The van der Waals surface area contributed by atoms with Crippen molar-refractivity contribution in [2.24, 2.45) is 0 Å². The van der Waals surface area contributed by atoms with Gasteiger partial charge in [0.25, 0.3) is 0 Å². The van der Waals surface area contributed by atoms with E-state index in [-0.39, 0.29) is 12.0 Å². The average Bonchev–Trinajstić information content (AvgIpc) is 2.72. The average molecular weight is 227 g/mol. The summed E-state index contributed by atoms with van der Waals surface area (Å²) in [6.45, 7) is 2.43. The predicted octanol–water partition coefficient (Wildman–Crippen LogP) is 1.83. The summed E-state index contributed by atoms with van der Waals surface area (Å²) in [6, 6.07) is 3.88. The normalized spacial score (nSPS) is 12.4. The van der Waals surface area contributed by atoms with Gasteiger partial charge in [-0.3, -0.25) is 4.79 Å². The molecule has 1 heterocycles. The summed E-state index contributed by atoms with van der Waals surface area (Å²) >= 11 is 1.69. The van der Waals surface area contributed by atoms with E-state index in [9.17, 15) is 4.79 Å². The van der Waals surface area contributed by atoms with Gasteiger partial charge in [-0.05, 0) is 24.9 Å². The molecule has 0 saturated heterocycles. The van der Waals surface area contributed by atoms with E-state index in [0.29, 0.717) is 6.61 Å². The fourth-order valence-electron chi connectivity index (χ4n) is 1.30. The standard InChI is InChI=1S/C11H17NO2S/c1-3-10(12-2)11(13)14-7-6-9-5-4-8-15-9/h4-5,8,10,12H,3,6-7H2,1-2H3. The number of likely N-dealkylation sites (N-methyl/N-ethyl adjacent to an activating group) is 1. The zero-order chi connectivity index (χ0) is 11.1. The third-order valence-electron chi connectivity index (χ3n) is 2.21. The lowest BCUT2D eigenvalue weighted by Gasteiger charge is -2.12. The maximum atomic E-state index is 11.5. The van der Waals surface area contributed by atoms with E-state index < -0.39 is 0 Å². The van der Waals surface area contributed by atoms with Crippen LogP contribution in [0.3, 0.4) is 0 Å². The monoisotopic (exact) mass is 227 g/mol. The highest BCUT2D eigenvalue weighted by Gasteiger charge is 2.14. The van der Waals surface area contributed by atoms with Crippen molar-refractivity contribution < 1.29 is 9.53 Å². The van der Waals surface area contributed by atoms with Gasteiger partial charge in [-0.25, -0.2) is 0 Å². The predicted molar refractivity (Wildman–Crippen MR) is 62.1 cm³/mol. The van der Waals surface area contributed by atoms with E-state index in [1.54, 1.807) is 18.4 Å². The van der Waals surface area contributed by atoms with E-state index >= 15 is 0 Å². The number of hydrogen-bond acceptors (Lipinski definition) is 4. The minimum atomic E-state index is -0.173. The van der Waals surface area contributed by atoms with Crippen molar-refractivity contribution in [1.29, 1.82) is 0 Å². The zero-order valence-corrected chi connectivity index (χ0v) is 9.97. The van der Waals surface area contributed by atoms with Crippen molar-refractivity contribution in [3.63, 3.8) is 0 Å². The highest BCUT2D eigenvalue weighted by Crippen LogP contribution is 2.09. The topological polar surface area (TPSA) is 38.3 Å². The first-order chi connectivity index (χ1) is 7.27. The third-order valence-corrected chi connectivity index (χ3v) is 3.15. The lowest BCUT2D eigenvalue weighted by Crippen LogP contribution is -2.35. The quantitative estimate of drug-likeness (QED) is 0.754. The molecule has 3 nitrogen and oxygen atoms in total. The Morgan fingerprint density at radius 2 is 2.47 bits per heavy atom. The first-order valence-electron chi connectivity index (χ1n) is 5.14. The van der Waals surface area contributed by atoms with Crippen LogP contribution in [0.1, 0.15) is 18.2 Å². The Bertz CT molecular complexity index is 281. The Morgan fingerprint density at radius 1 is 1.67 bits per heavy atom. The molecule has 1 atom stereocenters. The lowest BCUT2D eigenvalue weighted by molar-refractivity contribution is -0.146. The smallest absolute Gasteiger partial charge is 0.323 e. The van der Waals surface area contributed by atoms with Crippen molar-refractivity contribution in [2.75, 3.05) is 13.7 Å². The molecule has 0 fully saturated rings. The third kappa shape index (κ3) is 4.01. The van der Waals surface area contributed by atoms with Crippen LogP contribution in [0.25, 0.3) is 0 Å². The maximum Gasteiger partial charge on any atom is 0.323 e. The largest absolute Gasteiger partial charge is 0.464 e. The second-order valence-electron chi connectivity index (χ2n) is 3.25. The van der Waals surface area contributed by atoms with Gasteiger partial charge in [0, 0.05) is 11.3 Å². The van der Waals surface area contributed by atoms with Crippen molar-refractivity contribution >= 4 is 17.3 Å². The highest BCUT2D eigenvalue weighted by molar-refractivity contribution is 7.09. The second kappa shape index (κ2) is 6.58. The van der Waals surface area contributed by atoms with Gasteiger partial charge in [0.15, 0.2) is 0 Å². The Hall–Kier alpha value is -0.870. The minimum absolute atomic E-state index is 0.156. The van der Waals surface area contributed by atoms with Crippen LogP contribution in [0.5, 0.6) is 0 Å². The van der Waals surface area contributed by atoms with Gasteiger partial charge in [0.05, 0.1) is 6.61 Å². The second-order valence-corrected chi connectivity index (χ2v) is 4.28. The van der Waals surface area contributed by atoms with Crippen LogP contribution in [-0.4, -0.2) is 25.7 Å². The first-order valence-corrected chi connectivity index (χ1v) is 6.02. The molecule has 1 aromatic heterocycles. The number of rotatable bonds is 6. The van der Waals surface area contributed by atoms with Gasteiger partial charge in [-0.1, -0.05) is 13.0 Å². The Morgan fingerprint density at radius 3 is 3.00 bits per heavy atom. The SMILES string of the molecule is CCC(NC)C(=O)OCCc1cccs1. The molecule has 0 aliphatic carbocycles. The summed E-state index contributed by atoms with van der Waals surface area (Å²) in [4.78, 5) is 12.7. The summed E-state index contributed by atoms with van der Waals surface area (Å²) < 4.78 is 5.16. The van der Waals surface area contributed by atoms with Gasteiger partial charge >= 0.3 is 5.97 Å². The van der Waals surface area contributed by atoms with Crippen LogP contribution in [0.15, 0.2) is 17.5 Å². The number of ether oxygens (including phenoxy) is 1. The number of hydrogen-bond donors (Lipinski definition) is 1. The Labute approximate surface area is 94.5 Å². The zero-order valence-electron chi connectivity index (χ0n) is 9.16. The highest BCUT2D eigenvalue weighted by atomic mass is 32.1. The van der Waals surface area contributed by atoms with E-state index in [0.717, 1.165) is 12.8 Å². The summed E-state index contributed by atoms with van der Waals surface area (Å²) in [7, 11) is 1.77. The molecular formula is C11H17NO2S. The fraction of sp³-hybridized carbons (Fsp3) is 0.545. The molecule has 1 N–H and O–H groups in total. The van der Waals surface area contributed by atoms with E-state index in [1.807, 2.05) is 24.4 Å². The Balaban J connectivity index is 2.22. The van der Waals surface area contributed by atoms with E-state index in [2.05, 4.69) is 5.32 Å². The van der Waals surface area contributed by atoms with Crippen LogP contribution in [0, 0.1) is 0 Å². The summed E-state index contributed by atoms with van der Waals surface area (Å²) in [5, 5.41) is 4.95. The molecule has 0 saturated carbocycles. The van der Waals surface area contributed by atoms with E-state index in [4.69, 9.17) is 4.74 Å². The molecule has 0 aliphatic rings. The molecule has 1 aromatic rings. The van der Waals surface area contributed by atoms with Crippen LogP contribution in [0.4, 0.5) is 0 Å². The Kier molecular flexibility index (Phi) is 5.36. The van der Waals surface area contributed by atoms with Crippen LogP contribution < -0.4 is 5.32 Å². The maximum absolute atomic E-state index is 11.5. The molecule has 4 heteroatoms. The fourth-order valence-corrected chi connectivity index (χ4v) is 1.99. The first kappa shape index (κ1) is 12.2. The van der Waals surface area contributed by atoms with Gasteiger partial charge in [-0.2, -0.15) is 0 Å². The molecule has 0 amide bonds. The molecule has 15 heavy (non-hydrogen) atoms. The lowest BCUT2D eigenvalue weighted by atomic mass is 10.2. The molecule has 1 unspecified atom stereocenters. The van der Waals surface area contributed by atoms with Crippen LogP contribution >= 0.6 is 11.3 Å². The minimum Gasteiger partial charge on any atom is -0.464 e. The van der Waals surface area contributed by atoms with Gasteiger partial charge in [0.2, 0.25) is 0 Å². The van der Waals surface area contributed by atoms with Crippen molar-refractivity contribution in [1.82, 2.24) is 5.32 Å². The van der Waals surface area contributed by atoms with Gasteiger partial charge in [0.1, 0.15) is 6.04 Å². The van der Waals surface area contributed by atoms with Crippen LogP contribution in [-0.2, 0) is 16.0 Å². The van der Waals surface area contributed by atoms with Gasteiger partial charge in [-0.15, -0.1) is 11.3 Å². The van der Waals surface area contributed by atoms with Gasteiger partial charge < -0.3 is 10.1 Å². The molecule has 0 spiro atoms. The van der Waals surface area contributed by atoms with Crippen molar-refractivity contribution in [2.45, 2.75) is 25.8 Å². The molecular weight excluding hydrogens is 210 g/mol. The van der Waals surface area contributed by atoms with Crippen molar-refractivity contribution in [3.8, 4) is 0 Å². The summed E-state index contributed by atoms with van der Waals surface area (Å²) in [6.07, 6.45) is 1.57. The van der Waals surface area contributed by atoms with E-state index in [1.165, 1.54) is 4.88 Å². The molecule has 0 aliphatic heterocycles. The molecule has 1 rings (SSSR count). The number of carbonyl (C=O) groups excluding carboxylic acids is 1. The number of nitrogens with one attached hydrogen (secondary N) is 1. The number of carbonyl (C=O) groups is 1. The molecule has 0 aromatic carbocycles.